The molecule has 0 saturated heterocycles. The van der Waals surface area contributed by atoms with Gasteiger partial charge >= 0.3 is 0 Å². The van der Waals surface area contributed by atoms with E-state index >= 15 is 0 Å². The van der Waals surface area contributed by atoms with Crippen LogP contribution in [0.2, 0.25) is 0 Å². The minimum atomic E-state index is 0.138. The molecule has 0 aromatic carbocycles. The lowest BCUT2D eigenvalue weighted by molar-refractivity contribution is 0.304. The van der Waals surface area contributed by atoms with Crippen LogP contribution in [0.15, 0.2) is 0 Å². The van der Waals surface area contributed by atoms with Gasteiger partial charge in [0.15, 0.2) is 0 Å². The first-order chi connectivity index (χ1) is 6.52. The first-order valence-corrected chi connectivity index (χ1v) is 4.99. The van der Waals surface area contributed by atoms with Crippen LogP contribution in [0.5, 0.6) is 0 Å². The zero-order valence-electron chi connectivity index (χ0n) is 9.30. The van der Waals surface area contributed by atoms with Crippen molar-refractivity contribution in [3.63, 3.8) is 0 Å². The summed E-state index contributed by atoms with van der Waals surface area (Å²) in [5.74, 6) is 0. The molecule has 0 bridgehead atoms. The van der Waals surface area contributed by atoms with E-state index in [1.165, 1.54) is 0 Å². The molecule has 0 aromatic heterocycles. The van der Waals surface area contributed by atoms with E-state index in [1.54, 1.807) is 0 Å². The Hall–Kier alpha value is -1.06. The fourth-order valence-corrected chi connectivity index (χ4v) is 1.14. The van der Waals surface area contributed by atoms with Crippen LogP contribution in [0, 0.1) is 28.1 Å². The zero-order valence-corrected chi connectivity index (χ0v) is 9.30. The maximum Gasteiger partial charge on any atom is 0.0638 e. The molecule has 0 aliphatic rings. The number of nitriles is 2. The Morgan fingerprint density at radius 2 is 1.93 bits per heavy atom. The number of hydrogen-bond acceptors (Lipinski definition) is 3. The third kappa shape index (κ3) is 6.46. The number of nitrogens with zero attached hydrogens (tertiary/aromatic N) is 2. The van der Waals surface area contributed by atoms with Crippen molar-refractivity contribution >= 4 is 0 Å². The Kier molecular flexibility index (Phi) is 5.92. The Labute approximate surface area is 86.7 Å². The van der Waals surface area contributed by atoms with Gasteiger partial charge in [-0.3, -0.25) is 0 Å². The highest BCUT2D eigenvalue weighted by molar-refractivity contribution is 4.82. The Morgan fingerprint density at radius 1 is 1.29 bits per heavy atom. The quantitative estimate of drug-likeness (QED) is 0.703. The second kappa shape index (κ2) is 6.40. The number of nitrogens with one attached hydrogen (secondary N) is 1. The lowest BCUT2D eigenvalue weighted by atomic mass is 9.88. The van der Waals surface area contributed by atoms with Gasteiger partial charge in [-0.15, -0.1) is 0 Å². The van der Waals surface area contributed by atoms with Gasteiger partial charge in [0.25, 0.3) is 0 Å². The summed E-state index contributed by atoms with van der Waals surface area (Å²) in [6.45, 7) is 7.13. The van der Waals surface area contributed by atoms with E-state index in [-0.39, 0.29) is 11.5 Å². The summed E-state index contributed by atoms with van der Waals surface area (Å²) in [7, 11) is 0. The molecule has 0 aliphatic carbocycles. The summed E-state index contributed by atoms with van der Waals surface area (Å²) in [4.78, 5) is 0. The second-order valence-electron chi connectivity index (χ2n) is 4.47. The number of rotatable bonds is 6. The standard InChI is InChI=1S/C11H19N3/c1-10(5-8-13)14-9-11(2,3)6-4-7-12/h10,14H,4-6,9H2,1-3H3. The number of hydrogen-bond donors (Lipinski definition) is 1. The lowest BCUT2D eigenvalue weighted by Gasteiger charge is -2.25. The molecule has 1 atom stereocenters. The largest absolute Gasteiger partial charge is 0.313 e. The van der Waals surface area contributed by atoms with Gasteiger partial charge in [-0.2, -0.15) is 10.5 Å². The van der Waals surface area contributed by atoms with Crippen molar-refractivity contribution in [2.75, 3.05) is 6.54 Å². The van der Waals surface area contributed by atoms with Crippen molar-refractivity contribution in [3.05, 3.63) is 0 Å². The molecule has 0 heterocycles. The Balaban J connectivity index is 3.76. The van der Waals surface area contributed by atoms with Gasteiger partial charge in [-0.1, -0.05) is 13.8 Å². The van der Waals surface area contributed by atoms with E-state index in [2.05, 4.69) is 31.3 Å². The summed E-state index contributed by atoms with van der Waals surface area (Å²) in [5.41, 5.74) is 0.138. The fraction of sp³-hybridized carbons (Fsp3) is 0.818. The highest BCUT2D eigenvalue weighted by Gasteiger charge is 2.17. The van der Waals surface area contributed by atoms with Gasteiger partial charge in [0, 0.05) is 19.0 Å². The molecular weight excluding hydrogens is 174 g/mol. The van der Waals surface area contributed by atoms with Gasteiger partial charge in [-0.25, -0.2) is 0 Å². The molecule has 78 valence electrons. The van der Waals surface area contributed by atoms with Gasteiger partial charge in [0.1, 0.15) is 0 Å². The van der Waals surface area contributed by atoms with Crippen molar-refractivity contribution < 1.29 is 0 Å². The van der Waals surface area contributed by atoms with Crippen molar-refractivity contribution in [2.24, 2.45) is 5.41 Å². The van der Waals surface area contributed by atoms with Crippen LogP contribution in [-0.4, -0.2) is 12.6 Å². The molecule has 1 N–H and O–H groups in total. The summed E-state index contributed by atoms with van der Waals surface area (Å²) in [6.07, 6.45) is 2.03. The minimum Gasteiger partial charge on any atom is -0.313 e. The topological polar surface area (TPSA) is 59.6 Å². The van der Waals surface area contributed by atoms with Crippen molar-refractivity contribution in [1.29, 1.82) is 10.5 Å². The molecule has 3 nitrogen and oxygen atoms in total. The maximum absolute atomic E-state index is 8.48. The van der Waals surface area contributed by atoms with Crippen LogP contribution in [0.1, 0.15) is 40.0 Å². The SMILES string of the molecule is CC(CC#N)NCC(C)(C)CCC#N. The monoisotopic (exact) mass is 193 g/mol. The highest BCUT2D eigenvalue weighted by atomic mass is 14.9. The molecule has 3 heteroatoms. The third-order valence-electron chi connectivity index (χ3n) is 2.24. The van der Waals surface area contributed by atoms with Crippen LogP contribution >= 0.6 is 0 Å². The van der Waals surface area contributed by atoms with E-state index in [9.17, 15) is 0 Å². The van der Waals surface area contributed by atoms with Crippen molar-refractivity contribution in [2.45, 2.75) is 46.1 Å². The second-order valence-corrected chi connectivity index (χ2v) is 4.47. The Bertz CT molecular complexity index is 232. The highest BCUT2D eigenvalue weighted by Crippen LogP contribution is 2.20. The molecule has 0 aromatic rings. The first kappa shape index (κ1) is 12.9. The molecule has 1 unspecified atom stereocenters. The molecule has 0 amide bonds. The smallest absolute Gasteiger partial charge is 0.0638 e. The minimum absolute atomic E-state index is 0.138. The zero-order chi connectivity index (χ0) is 11.0. The molecule has 0 saturated carbocycles. The summed E-state index contributed by atoms with van der Waals surface area (Å²) in [5, 5.41) is 20.3. The van der Waals surface area contributed by atoms with Gasteiger partial charge in [-0.05, 0) is 18.8 Å². The van der Waals surface area contributed by atoms with E-state index in [4.69, 9.17) is 10.5 Å². The molecule has 0 aliphatic heterocycles. The van der Waals surface area contributed by atoms with Crippen molar-refractivity contribution in [3.8, 4) is 12.1 Å². The normalized spacial score (nSPS) is 12.9. The lowest BCUT2D eigenvalue weighted by Crippen LogP contribution is -2.35. The van der Waals surface area contributed by atoms with Gasteiger partial charge in [0.05, 0.1) is 18.6 Å². The van der Waals surface area contributed by atoms with Crippen LogP contribution < -0.4 is 5.32 Å². The molecule has 14 heavy (non-hydrogen) atoms. The molecule has 0 spiro atoms. The van der Waals surface area contributed by atoms with E-state index < -0.39 is 0 Å². The predicted octanol–water partition coefficient (Wildman–Crippen LogP) is 2.21. The summed E-state index contributed by atoms with van der Waals surface area (Å²) >= 11 is 0. The summed E-state index contributed by atoms with van der Waals surface area (Å²) < 4.78 is 0. The van der Waals surface area contributed by atoms with Crippen LogP contribution in [-0.2, 0) is 0 Å². The van der Waals surface area contributed by atoms with E-state index in [1.807, 2.05) is 6.92 Å². The van der Waals surface area contributed by atoms with Crippen LogP contribution in [0.25, 0.3) is 0 Å². The van der Waals surface area contributed by atoms with Gasteiger partial charge < -0.3 is 5.32 Å². The van der Waals surface area contributed by atoms with E-state index in [0.717, 1.165) is 13.0 Å². The predicted molar refractivity (Wildman–Crippen MR) is 56.3 cm³/mol. The third-order valence-corrected chi connectivity index (χ3v) is 2.24. The van der Waals surface area contributed by atoms with E-state index in [0.29, 0.717) is 12.8 Å². The molecule has 0 radical (unpaired) electrons. The summed E-state index contributed by atoms with van der Waals surface area (Å²) in [6, 6.07) is 4.53. The maximum atomic E-state index is 8.48. The van der Waals surface area contributed by atoms with Gasteiger partial charge in [0.2, 0.25) is 0 Å². The average Bonchev–Trinajstić information content (AvgIpc) is 2.13. The fourth-order valence-electron chi connectivity index (χ4n) is 1.14. The molecule has 0 rings (SSSR count). The Morgan fingerprint density at radius 3 is 2.43 bits per heavy atom. The molecule has 0 fully saturated rings. The first-order valence-electron chi connectivity index (χ1n) is 4.99. The van der Waals surface area contributed by atoms with Crippen molar-refractivity contribution in [1.82, 2.24) is 5.32 Å². The van der Waals surface area contributed by atoms with Crippen LogP contribution in [0.3, 0.4) is 0 Å². The van der Waals surface area contributed by atoms with Crippen LogP contribution in [0.4, 0.5) is 0 Å². The molecular formula is C11H19N3. The average molecular weight is 193 g/mol.